The second-order valence-electron chi connectivity index (χ2n) is 1.82. The van der Waals surface area contributed by atoms with Crippen LogP contribution in [0.5, 0.6) is 0 Å². The van der Waals surface area contributed by atoms with E-state index >= 15 is 0 Å². The first-order valence-electron chi connectivity index (χ1n) is 3.27. The Morgan fingerprint density at radius 3 is 1.69 bits per heavy atom. The van der Waals surface area contributed by atoms with Crippen LogP contribution in [0.2, 0.25) is 0 Å². The molecule has 0 aliphatic heterocycles. The molecule has 0 spiro atoms. The van der Waals surface area contributed by atoms with Crippen LogP contribution < -0.4 is 33.2 Å². The van der Waals surface area contributed by atoms with Crippen molar-refractivity contribution in [2.75, 3.05) is 13.5 Å². The largest absolute Gasteiger partial charge is 0.375 e. The Morgan fingerprint density at radius 2 is 1.38 bits per heavy atom. The van der Waals surface area contributed by atoms with E-state index in [2.05, 4.69) is 46.1 Å². The van der Waals surface area contributed by atoms with Crippen molar-refractivity contribution in [3.8, 4) is 0 Å². The lowest BCUT2D eigenvalue weighted by atomic mass is 11.1. The zero-order valence-corrected chi connectivity index (χ0v) is 8.43. The number of rotatable bonds is 6. The Kier molecular flexibility index (Phi) is 7.44. The third-order valence-corrected chi connectivity index (χ3v) is 0.976. The van der Waals surface area contributed by atoms with E-state index in [-0.39, 0.29) is 23.7 Å². The quantitative estimate of drug-likeness (QED) is 0.127. The molecular weight excluding hydrogens is 212 g/mol. The lowest BCUT2D eigenvalue weighted by Gasteiger charge is -2.08. The van der Waals surface area contributed by atoms with Crippen LogP contribution >= 0.6 is 24.4 Å². The van der Waals surface area contributed by atoms with E-state index in [1.54, 1.807) is 0 Å². The van der Waals surface area contributed by atoms with Gasteiger partial charge in [0.1, 0.15) is 13.5 Å². The Labute approximate surface area is 86.5 Å². The lowest BCUT2D eigenvalue weighted by molar-refractivity contribution is 0.0922. The molecule has 0 atom stereocenters. The summed E-state index contributed by atoms with van der Waals surface area (Å²) >= 11 is 9.04. The number of hydrogen-bond donors (Lipinski definition) is 6. The van der Waals surface area contributed by atoms with Gasteiger partial charge in [0, 0.05) is 0 Å². The smallest absolute Gasteiger partial charge is 0.178 e. The van der Waals surface area contributed by atoms with Crippen LogP contribution in [0.25, 0.3) is 0 Å². The number of hydrazine groups is 2. The Hall–Kier alpha value is -0.740. The van der Waals surface area contributed by atoms with Crippen molar-refractivity contribution >= 4 is 34.7 Å². The van der Waals surface area contributed by atoms with Crippen LogP contribution in [-0.4, -0.2) is 23.7 Å². The van der Waals surface area contributed by atoms with Gasteiger partial charge >= 0.3 is 0 Å². The molecule has 0 saturated heterocycles. The van der Waals surface area contributed by atoms with Crippen LogP contribution in [0.4, 0.5) is 0 Å². The minimum atomic E-state index is 0.151. The average Bonchev–Trinajstić information content (AvgIpc) is 2.01. The summed E-state index contributed by atoms with van der Waals surface area (Å²) in [6.45, 7) is 0.479. The van der Waals surface area contributed by atoms with Gasteiger partial charge in [0.05, 0.1) is 0 Å². The summed E-state index contributed by atoms with van der Waals surface area (Å²) < 4.78 is 4.96. The lowest BCUT2D eigenvalue weighted by Crippen LogP contribution is -2.45. The molecule has 0 fully saturated rings. The van der Waals surface area contributed by atoms with Gasteiger partial charge in [-0.15, -0.1) is 0 Å². The van der Waals surface area contributed by atoms with Crippen LogP contribution in [-0.2, 0) is 4.74 Å². The third kappa shape index (κ3) is 11.3. The minimum absolute atomic E-state index is 0.151. The highest BCUT2D eigenvalue weighted by atomic mass is 32.1. The SMILES string of the molecule is NC(=S)NNCOCNNC(N)=S. The summed E-state index contributed by atoms with van der Waals surface area (Å²) in [5.41, 5.74) is 20.4. The zero-order valence-electron chi connectivity index (χ0n) is 6.79. The van der Waals surface area contributed by atoms with Crippen molar-refractivity contribution in [3.05, 3.63) is 0 Å². The van der Waals surface area contributed by atoms with Crippen LogP contribution in [0.3, 0.4) is 0 Å². The van der Waals surface area contributed by atoms with Crippen molar-refractivity contribution in [1.29, 1.82) is 0 Å². The van der Waals surface area contributed by atoms with E-state index in [9.17, 15) is 0 Å². The normalized spacial score (nSPS) is 9.23. The van der Waals surface area contributed by atoms with Crippen LogP contribution in [0.1, 0.15) is 0 Å². The molecule has 0 heterocycles. The van der Waals surface area contributed by atoms with Gasteiger partial charge in [0.25, 0.3) is 0 Å². The molecule has 7 nitrogen and oxygen atoms in total. The van der Waals surface area contributed by atoms with E-state index in [0.717, 1.165) is 0 Å². The molecule has 13 heavy (non-hydrogen) atoms. The zero-order chi connectivity index (χ0) is 10.1. The maximum Gasteiger partial charge on any atom is 0.178 e. The molecule has 0 bridgehead atoms. The van der Waals surface area contributed by atoms with Gasteiger partial charge in [-0.2, -0.15) is 0 Å². The summed E-state index contributed by atoms with van der Waals surface area (Å²) in [4.78, 5) is 0. The molecule has 76 valence electrons. The standard InChI is InChI=1S/C4H12N6OS2/c5-3(12)9-7-1-11-2-8-10-4(6)13/h7-8H,1-2H2,(H3,5,9,12)(H3,6,10,13). The monoisotopic (exact) mass is 224 g/mol. The molecule has 0 aliphatic rings. The van der Waals surface area contributed by atoms with E-state index in [1.807, 2.05) is 0 Å². The maximum absolute atomic E-state index is 5.11. The van der Waals surface area contributed by atoms with Gasteiger partial charge < -0.3 is 16.2 Å². The number of thiocarbonyl (C=S) groups is 2. The molecule has 0 amide bonds. The number of ether oxygens (including phenoxy) is 1. The van der Waals surface area contributed by atoms with Crippen LogP contribution in [0, 0.1) is 0 Å². The second-order valence-corrected chi connectivity index (χ2v) is 2.70. The Balaban J connectivity index is 3.00. The molecular formula is C4H12N6OS2. The summed E-state index contributed by atoms with van der Waals surface area (Å²) in [5.74, 6) is 0. The summed E-state index contributed by atoms with van der Waals surface area (Å²) in [5, 5.41) is 0.302. The fraction of sp³-hybridized carbons (Fsp3) is 0.500. The van der Waals surface area contributed by atoms with Gasteiger partial charge in [0.2, 0.25) is 0 Å². The van der Waals surface area contributed by atoms with Crippen LogP contribution in [0.15, 0.2) is 0 Å². The topological polar surface area (TPSA) is 109 Å². The highest BCUT2D eigenvalue weighted by Crippen LogP contribution is 1.63. The predicted molar refractivity (Wildman–Crippen MR) is 56.9 cm³/mol. The summed E-state index contributed by atoms with van der Waals surface area (Å²) in [6, 6.07) is 0. The van der Waals surface area contributed by atoms with Crippen molar-refractivity contribution in [3.63, 3.8) is 0 Å². The molecule has 0 saturated carbocycles. The molecule has 0 aromatic rings. The number of nitrogens with one attached hydrogen (secondary N) is 4. The van der Waals surface area contributed by atoms with Gasteiger partial charge in [-0.3, -0.25) is 10.9 Å². The van der Waals surface area contributed by atoms with Gasteiger partial charge in [-0.05, 0) is 24.4 Å². The molecule has 9 heteroatoms. The summed E-state index contributed by atoms with van der Waals surface area (Å²) in [6.07, 6.45) is 0. The fourth-order valence-electron chi connectivity index (χ4n) is 0.399. The molecule has 8 N–H and O–H groups in total. The van der Waals surface area contributed by atoms with Crippen molar-refractivity contribution in [2.24, 2.45) is 11.5 Å². The van der Waals surface area contributed by atoms with Gasteiger partial charge in [-0.25, -0.2) is 10.9 Å². The molecule has 0 aromatic heterocycles. The summed E-state index contributed by atoms with van der Waals surface area (Å²) in [7, 11) is 0. The van der Waals surface area contributed by atoms with E-state index in [1.165, 1.54) is 0 Å². The molecule has 0 radical (unpaired) electrons. The van der Waals surface area contributed by atoms with Crippen molar-refractivity contribution < 1.29 is 4.74 Å². The van der Waals surface area contributed by atoms with E-state index < -0.39 is 0 Å². The molecule has 0 aromatic carbocycles. The van der Waals surface area contributed by atoms with E-state index in [4.69, 9.17) is 16.2 Å². The number of nitrogens with two attached hydrogens (primary N) is 2. The first kappa shape index (κ1) is 12.3. The molecule has 0 aliphatic carbocycles. The minimum Gasteiger partial charge on any atom is -0.375 e. The highest BCUT2D eigenvalue weighted by molar-refractivity contribution is 7.80. The Morgan fingerprint density at radius 1 is 1.00 bits per heavy atom. The predicted octanol–water partition coefficient (Wildman–Crippen LogP) is -2.41. The highest BCUT2D eigenvalue weighted by Gasteiger charge is 1.87. The molecule has 0 rings (SSSR count). The first-order chi connectivity index (χ1) is 6.13. The van der Waals surface area contributed by atoms with Gasteiger partial charge in [-0.1, -0.05) is 0 Å². The maximum atomic E-state index is 5.11. The second kappa shape index (κ2) is 7.89. The van der Waals surface area contributed by atoms with Gasteiger partial charge in [0.15, 0.2) is 10.2 Å². The van der Waals surface area contributed by atoms with E-state index in [0.29, 0.717) is 0 Å². The Bertz CT molecular complexity index is 158. The molecule has 0 unspecified atom stereocenters. The van der Waals surface area contributed by atoms with Crippen molar-refractivity contribution in [1.82, 2.24) is 21.7 Å². The first-order valence-corrected chi connectivity index (χ1v) is 4.09. The average molecular weight is 224 g/mol. The number of hydrogen-bond acceptors (Lipinski definition) is 5. The van der Waals surface area contributed by atoms with Crippen molar-refractivity contribution in [2.45, 2.75) is 0 Å². The fourth-order valence-corrected chi connectivity index (χ4v) is 0.544. The third-order valence-electron chi connectivity index (χ3n) is 0.772.